The van der Waals surface area contributed by atoms with Gasteiger partial charge in [-0.15, -0.1) is 0 Å². The first-order chi connectivity index (χ1) is 9.61. The van der Waals surface area contributed by atoms with Crippen LogP contribution in [0, 0.1) is 5.92 Å². The summed E-state index contributed by atoms with van der Waals surface area (Å²) in [6.45, 7) is 14.4. The lowest BCUT2D eigenvalue weighted by Gasteiger charge is -2.32. The van der Waals surface area contributed by atoms with Crippen molar-refractivity contribution in [2.45, 2.75) is 65.2 Å². The normalized spacial score (nSPS) is 14.3. The van der Waals surface area contributed by atoms with Crippen LogP contribution < -0.4 is 5.73 Å². The number of rotatable bonds is 5. The second-order valence-corrected chi connectivity index (χ2v) is 8.16. The van der Waals surface area contributed by atoms with E-state index in [4.69, 9.17) is 5.73 Å². The summed E-state index contributed by atoms with van der Waals surface area (Å²) in [5.41, 5.74) is 10.3. The fourth-order valence-electron chi connectivity index (χ4n) is 2.96. The highest BCUT2D eigenvalue weighted by Gasteiger charge is 2.27. The lowest BCUT2D eigenvalue weighted by molar-refractivity contribution is 0.223. The zero-order valence-corrected chi connectivity index (χ0v) is 14.7. The number of aliphatic hydroxyl groups excluding tert-OH is 1. The molecule has 0 heterocycles. The van der Waals surface area contributed by atoms with Gasteiger partial charge in [-0.3, -0.25) is 0 Å². The van der Waals surface area contributed by atoms with E-state index in [0.29, 0.717) is 6.54 Å². The molecule has 0 saturated carbocycles. The van der Waals surface area contributed by atoms with Crippen LogP contribution in [0.1, 0.15) is 64.7 Å². The summed E-state index contributed by atoms with van der Waals surface area (Å²) in [6, 6.07) is 6.67. The smallest absolute Gasteiger partial charge is 0.0471 e. The number of benzene rings is 1. The molecule has 0 bridgehead atoms. The molecule has 0 spiro atoms. The Kier molecular flexibility index (Phi) is 6.01. The molecule has 21 heavy (non-hydrogen) atoms. The van der Waals surface area contributed by atoms with E-state index < -0.39 is 0 Å². The highest BCUT2D eigenvalue weighted by atomic mass is 16.3. The molecule has 1 atom stereocenters. The van der Waals surface area contributed by atoms with Crippen molar-refractivity contribution in [2.24, 2.45) is 11.7 Å². The van der Waals surface area contributed by atoms with Crippen molar-refractivity contribution >= 4 is 0 Å². The van der Waals surface area contributed by atoms with Gasteiger partial charge in [0, 0.05) is 6.61 Å². The van der Waals surface area contributed by atoms with Gasteiger partial charge in [0.25, 0.3) is 0 Å². The van der Waals surface area contributed by atoms with Crippen molar-refractivity contribution in [2.75, 3.05) is 13.2 Å². The third-order valence-electron chi connectivity index (χ3n) is 4.12. The molecule has 1 rings (SSSR count). The second-order valence-electron chi connectivity index (χ2n) is 8.16. The highest BCUT2D eigenvalue weighted by molar-refractivity contribution is 5.43. The van der Waals surface area contributed by atoms with E-state index in [-0.39, 0.29) is 23.4 Å². The van der Waals surface area contributed by atoms with Crippen molar-refractivity contribution in [3.05, 3.63) is 34.9 Å². The van der Waals surface area contributed by atoms with E-state index in [1.54, 1.807) is 0 Å². The molecular formula is C19H33NO. The average Bonchev–Trinajstić information content (AvgIpc) is 2.37. The Morgan fingerprint density at radius 3 is 2.10 bits per heavy atom. The van der Waals surface area contributed by atoms with Crippen LogP contribution >= 0.6 is 0 Å². The molecule has 0 saturated heterocycles. The van der Waals surface area contributed by atoms with Crippen molar-refractivity contribution in [1.29, 1.82) is 0 Å². The Bertz CT molecular complexity index is 448. The molecule has 1 aromatic carbocycles. The molecule has 0 amide bonds. The largest absolute Gasteiger partial charge is 0.396 e. The van der Waals surface area contributed by atoms with Crippen LogP contribution in [-0.4, -0.2) is 18.3 Å². The maximum Gasteiger partial charge on any atom is 0.0471 e. The Morgan fingerprint density at radius 2 is 1.67 bits per heavy atom. The van der Waals surface area contributed by atoms with Gasteiger partial charge in [0.2, 0.25) is 0 Å². The Balaban J connectivity index is 3.20. The fourth-order valence-corrected chi connectivity index (χ4v) is 2.96. The molecule has 1 aromatic rings. The minimum absolute atomic E-state index is 0.122. The number of aryl methyl sites for hydroxylation is 1. The van der Waals surface area contributed by atoms with E-state index in [1.807, 2.05) is 0 Å². The van der Waals surface area contributed by atoms with Gasteiger partial charge in [-0.25, -0.2) is 0 Å². The molecule has 2 nitrogen and oxygen atoms in total. The van der Waals surface area contributed by atoms with Gasteiger partial charge in [0.1, 0.15) is 0 Å². The zero-order chi connectivity index (χ0) is 16.3. The van der Waals surface area contributed by atoms with E-state index in [0.717, 1.165) is 12.8 Å². The molecule has 0 fully saturated rings. The van der Waals surface area contributed by atoms with E-state index in [9.17, 15) is 5.11 Å². The quantitative estimate of drug-likeness (QED) is 0.867. The molecular weight excluding hydrogens is 258 g/mol. The standard InChI is InChI=1S/C19H33NO/c1-18(2,3)16-9-7-8-15(17(16)19(4,5)6)11-10-14(12-20)13-21/h7-9,14,21H,10-13,20H2,1-6H3. The molecule has 2 heteroatoms. The molecule has 0 aromatic heterocycles. The summed E-state index contributed by atoms with van der Waals surface area (Å²) in [4.78, 5) is 0. The monoisotopic (exact) mass is 291 g/mol. The number of nitrogens with two attached hydrogens (primary N) is 1. The molecule has 0 aliphatic carbocycles. The van der Waals surface area contributed by atoms with Crippen LogP contribution in [0.5, 0.6) is 0 Å². The first-order valence-corrected chi connectivity index (χ1v) is 8.05. The van der Waals surface area contributed by atoms with Gasteiger partial charge in [-0.1, -0.05) is 59.7 Å². The van der Waals surface area contributed by atoms with E-state index >= 15 is 0 Å². The lowest BCUT2D eigenvalue weighted by Crippen LogP contribution is -2.25. The molecule has 1 unspecified atom stereocenters. The van der Waals surface area contributed by atoms with Crippen LogP contribution in [-0.2, 0) is 17.3 Å². The maximum absolute atomic E-state index is 9.34. The van der Waals surface area contributed by atoms with Gasteiger partial charge >= 0.3 is 0 Å². The summed E-state index contributed by atoms with van der Waals surface area (Å²) < 4.78 is 0. The molecule has 0 aliphatic heterocycles. The molecule has 120 valence electrons. The highest BCUT2D eigenvalue weighted by Crippen LogP contribution is 2.36. The Morgan fingerprint density at radius 1 is 1.05 bits per heavy atom. The van der Waals surface area contributed by atoms with Gasteiger partial charge < -0.3 is 10.8 Å². The maximum atomic E-state index is 9.34. The number of hydrogen-bond acceptors (Lipinski definition) is 2. The first kappa shape index (κ1) is 18.2. The van der Waals surface area contributed by atoms with Gasteiger partial charge in [-0.05, 0) is 52.8 Å². The van der Waals surface area contributed by atoms with Gasteiger partial charge in [0.15, 0.2) is 0 Å². The minimum atomic E-state index is 0.122. The topological polar surface area (TPSA) is 46.2 Å². The first-order valence-electron chi connectivity index (χ1n) is 8.05. The molecule has 0 radical (unpaired) electrons. The van der Waals surface area contributed by atoms with Crippen molar-refractivity contribution in [3.8, 4) is 0 Å². The van der Waals surface area contributed by atoms with Crippen molar-refractivity contribution in [3.63, 3.8) is 0 Å². The van der Waals surface area contributed by atoms with Crippen LogP contribution in [0.25, 0.3) is 0 Å². The summed E-state index contributed by atoms with van der Waals surface area (Å²) in [7, 11) is 0. The third-order valence-corrected chi connectivity index (χ3v) is 4.12. The van der Waals surface area contributed by atoms with E-state index in [2.05, 4.69) is 59.7 Å². The predicted molar refractivity (Wildman–Crippen MR) is 91.8 cm³/mol. The average molecular weight is 291 g/mol. The van der Waals surface area contributed by atoms with Crippen LogP contribution in [0.2, 0.25) is 0 Å². The van der Waals surface area contributed by atoms with E-state index in [1.165, 1.54) is 16.7 Å². The van der Waals surface area contributed by atoms with Crippen LogP contribution in [0.4, 0.5) is 0 Å². The predicted octanol–water partition coefficient (Wildman–Crippen LogP) is 3.78. The minimum Gasteiger partial charge on any atom is -0.396 e. The number of hydrogen-bond donors (Lipinski definition) is 2. The van der Waals surface area contributed by atoms with Crippen LogP contribution in [0.3, 0.4) is 0 Å². The Hall–Kier alpha value is -0.860. The summed E-state index contributed by atoms with van der Waals surface area (Å²) >= 11 is 0. The zero-order valence-electron chi connectivity index (χ0n) is 14.7. The van der Waals surface area contributed by atoms with Crippen LogP contribution in [0.15, 0.2) is 18.2 Å². The fraction of sp³-hybridized carbons (Fsp3) is 0.684. The summed E-state index contributed by atoms with van der Waals surface area (Å²) in [5.74, 6) is 0.205. The summed E-state index contributed by atoms with van der Waals surface area (Å²) in [6.07, 6.45) is 1.93. The van der Waals surface area contributed by atoms with Crippen molar-refractivity contribution in [1.82, 2.24) is 0 Å². The summed E-state index contributed by atoms with van der Waals surface area (Å²) in [5, 5.41) is 9.34. The molecule has 0 aliphatic rings. The SMILES string of the molecule is CC(C)(C)c1cccc(CCC(CN)CO)c1C(C)(C)C. The number of aliphatic hydroxyl groups is 1. The Labute approximate surface area is 130 Å². The second kappa shape index (κ2) is 6.93. The van der Waals surface area contributed by atoms with Gasteiger partial charge in [-0.2, -0.15) is 0 Å². The van der Waals surface area contributed by atoms with Gasteiger partial charge in [0.05, 0.1) is 0 Å². The lowest BCUT2D eigenvalue weighted by atomic mass is 9.72. The molecule has 3 N–H and O–H groups in total. The third kappa shape index (κ3) is 4.82. The van der Waals surface area contributed by atoms with Crippen molar-refractivity contribution < 1.29 is 5.11 Å².